The minimum atomic E-state index is 0. The first-order valence-corrected chi connectivity index (χ1v) is 7.25. The summed E-state index contributed by atoms with van der Waals surface area (Å²) >= 11 is 2.22. The van der Waals surface area contributed by atoms with Crippen molar-refractivity contribution in [3.05, 3.63) is 27.8 Å². The van der Waals surface area contributed by atoms with Crippen molar-refractivity contribution in [2.75, 3.05) is 25.0 Å². The number of halogens is 2. The van der Waals surface area contributed by atoms with Gasteiger partial charge in [-0.25, -0.2) is 0 Å². The zero-order chi connectivity index (χ0) is 13.0. The summed E-state index contributed by atoms with van der Waals surface area (Å²) in [5, 5.41) is 2.94. The molecule has 0 bridgehead atoms. The molecule has 1 aromatic rings. The van der Waals surface area contributed by atoms with E-state index in [4.69, 9.17) is 5.73 Å². The van der Waals surface area contributed by atoms with Crippen molar-refractivity contribution in [3.63, 3.8) is 0 Å². The highest BCUT2D eigenvalue weighted by molar-refractivity contribution is 14.1. The van der Waals surface area contributed by atoms with Crippen LogP contribution in [0.2, 0.25) is 0 Å². The molecular formula is C13H19ClIN3O. The Hall–Kier alpha value is -0.370. The molecule has 1 fully saturated rings. The van der Waals surface area contributed by atoms with Gasteiger partial charge < -0.3 is 11.1 Å². The standard InChI is InChI=1S/C13H18IN3O.ClH/c14-11-5-1-2-6-12(11)16-13(18)9-17-7-3-4-10(15)8-17;/h1-2,5-6,10H,3-4,7-9,15H2,(H,16,18);1H/t10-;/m1./s1. The van der Waals surface area contributed by atoms with Crippen LogP contribution in [-0.2, 0) is 4.79 Å². The number of anilines is 1. The maximum absolute atomic E-state index is 11.9. The second-order valence-electron chi connectivity index (χ2n) is 4.67. The number of nitrogens with zero attached hydrogens (tertiary/aromatic N) is 1. The predicted octanol–water partition coefficient (Wildman–Crippen LogP) is 2.07. The highest BCUT2D eigenvalue weighted by Crippen LogP contribution is 2.17. The van der Waals surface area contributed by atoms with E-state index in [2.05, 4.69) is 32.8 Å². The van der Waals surface area contributed by atoms with Gasteiger partial charge in [-0.2, -0.15) is 0 Å². The molecule has 0 radical (unpaired) electrons. The summed E-state index contributed by atoms with van der Waals surface area (Å²) in [6, 6.07) is 7.99. The van der Waals surface area contributed by atoms with Crippen molar-refractivity contribution < 1.29 is 4.79 Å². The van der Waals surface area contributed by atoms with Crippen molar-refractivity contribution in [1.29, 1.82) is 0 Å². The molecule has 2 rings (SSSR count). The lowest BCUT2D eigenvalue weighted by atomic mass is 10.1. The van der Waals surface area contributed by atoms with E-state index in [1.165, 1.54) is 0 Å². The lowest BCUT2D eigenvalue weighted by molar-refractivity contribution is -0.117. The second-order valence-corrected chi connectivity index (χ2v) is 5.83. The maximum atomic E-state index is 11.9. The van der Waals surface area contributed by atoms with Gasteiger partial charge in [0.25, 0.3) is 0 Å². The topological polar surface area (TPSA) is 58.4 Å². The smallest absolute Gasteiger partial charge is 0.238 e. The van der Waals surface area contributed by atoms with Crippen molar-refractivity contribution in [3.8, 4) is 0 Å². The number of hydrogen-bond acceptors (Lipinski definition) is 3. The number of amides is 1. The third kappa shape index (κ3) is 5.25. The molecule has 0 saturated carbocycles. The van der Waals surface area contributed by atoms with Crippen LogP contribution in [0.1, 0.15) is 12.8 Å². The minimum Gasteiger partial charge on any atom is -0.327 e. The molecule has 19 heavy (non-hydrogen) atoms. The number of carbonyl (C=O) groups is 1. The van der Waals surface area contributed by atoms with E-state index in [9.17, 15) is 4.79 Å². The maximum Gasteiger partial charge on any atom is 0.238 e. The van der Waals surface area contributed by atoms with E-state index in [1.807, 2.05) is 24.3 Å². The number of likely N-dealkylation sites (tertiary alicyclic amines) is 1. The summed E-state index contributed by atoms with van der Waals surface area (Å²) in [6.45, 7) is 2.21. The molecule has 1 aliphatic heterocycles. The van der Waals surface area contributed by atoms with E-state index >= 15 is 0 Å². The van der Waals surface area contributed by atoms with Crippen molar-refractivity contribution >= 4 is 46.6 Å². The third-order valence-electron chi connectivity index (χ3n) is 3.06. The number of rotatable bonds is 3. The second kappa shape index (κ2) is 8.04. The first kappa shape index (κ1) is 16.7. The molecular weight excluding hydrogens is 377 g/mol. The summed E-state index contributed by atoms with van der Waals surface area (Å²) < 4.78 is 1.05. The number of benzene rings is 1. The molecule has 1 aliphatic rings. The molecule has 106 valence electrons. The summed E-state index contributed by atoms with van der Waals surface area (Å²) in [7, 11) is 0. The van der Waals surface area contributed by atoms with Crippen LogP contribution in [0.15, 0.2) is 24.3 Å². The molecule has 6 heteroatoms. The first-order chi connectivity index (χ1) is 8.65. The lowest BCUT2D eigenvalue weighted by Gasteiger charge is -2.29. The largest absolute Gasteiger partial charge is 0.327 e. The fourth-order valence-corrected chi connectivity index (χ4v) is 2.71. The van der Waals surface area contributed by atoms with Crippen LogP contribution in [-0.4, -0.2) is 36.5 Å². The molecule has 1 amide bonds. The van der Waals surface area contributed by atoms with Gasteiger partial charge in [0.2, 0.25) is 5.91 Å². The van der Waals surface area contributed by atoms with E-state index < -0.39 is 0 Å². The Labute approximate surface area is 133 Å². The Bertz CT molecular complexity index is 430. The fraction of sp³-hybridized carbons (Fsp3) is 0.462. The predicted molar refractivity (Wildman–Crippen MR) is 88.7 cm³/mol. The van der Waals surface area contributed by atoms with Gasteiger partial charge in [-0.05, 0) is 54.1 Å². The van der Waals surface area contributed by atoms with Crippen LogP contribution in [0.4, 0.5) is 5.69 Å². The monoisotopic (exact) mass is 395 g/mol. The summed E-state index contributed by atoms with van der Waals surface area (Å²) in [4.78, 5) is 14.1. The van der Waals surface area contributed by atoms with Gasteiger partial charge >= 0.3 is 0 Å². The number of carbonyl (C=O) groups excluding carboxylic acids is 1. The Balaban J connectivity index is 0.00000180. The zero-order valence-corrected chi connectivity index (χ0v) is 13.6. The van der Waals surface area contributed by atoms with Gasteiger partial charge in [0.05, 0.1) is 12.2 Å². The fourth-order valence-electron chi connectivity index (χ4n) is 2.19. The number of nitrogens with one attached hydrogen (secondary N) is 1. The Morgan fingerprint density at radius 1 is 1.47 bits per heavy atom. The SMILES string of the molecule is Cl.N[C@@H]1CCCN(CC(=O)Nc2ccccc2I)C1. The number of hydrogen-bond donors (Lipinski definition) is 2. The molecule has 1 aromatic carbocycles. The Kier molecular flexibility index (Phi) is 7.06. The molecule has 0 aromatic heterocycles. The van der Waals surface area contributed by atoms with Crippen molar-refractivity contribution in [2.24, 2.45) is 5.73 Å². The first-order valence-electron chi connectivity index (χ1n) is 6.17. The molecule has 0 aliphatic carbocycles. The normalized spacial score (nSPS) is 19.6. The van der Waals surface area contributed by atoms with Crippen LogP contribution >= 0.6 is 35.0 Å². The van der Waals surface area contributed by atoms with E-state index in [-0.39, 0.29) is 24.4 Å². The minimum absolute atomic E-state index is 0. The molecule has 3 N–H and O–H groups in total. The van der Waals surface area contributed by atoms with Crippen LogP contribution in [0, 0.1) is 3.57 Å². The number of para-hydroxylation sites is 1. The van der Waals surface area contributed by atoms with E-state index in [0.29, 0.717) is 6.54 Å². The highest BCUT2D eigenvalue weighted by Gasteiger charge is 2.18. The van der Waals surface area contributed by atoms with Crippen LogP contribution in [0.5, 0.6) is 0 Å². The zero-order valence-electron chi connectivity index (χ0n) is 10.6. The molecule has 0 unspecified atom stereocenters. The number of piperidine rings is 1. The molecule has 1 atom stereocenters. The van der Waals surface area contributed by atoms with Gasteiger partial charge in [0.1, 0.15) is 0 Å². The quantitative estimate of drug-likeness (QED) is 0.771. The summed E-state index contributed by atoms with van der Waals surface area (Å²) in [6.07, 6.45) is 2.14. The van der Waals surface area contributed by atoms with Crippen LogP contribution < -0.4 is 11.1 Å². The summed E-state index contributed by atoms with van der Waals surface area (Å²) in [5.41, 5.74) is 6.78. The van der Waals surface area contributed by atoms with Gasteiger partial charge in [-0.15, -0.1) is 12.4 Å². The molecule has 1 heterocycles. The molecule has 1 saturated heterocycles. The van der Waals surface area contributed by atoms with Gasteiger partial charge in [0.15, 0.2) is 0 Å². The molecule has 0 spiro atoms. The van der Waals surface area contributed by atoms with Gasteiger partial charge in [0, 0.05) is 16.2 Å². The Morgan fingerprint density at radius 2 is 2.21 bits per heavy atom. The van der Waals surface area contributed by atoms with Crippen LogP contribution in [0.25, 0.3) is 0 Å². The van der Waals surface area contributed by atoms with Gasteiger partial charge in [-0.1, -0.05) is 12.1 Å². The van der Waals surface area contributed by atoms with Crippen molar-refractivity contribution in [2.45, 2.75) is 18.9 Å². The third-order valence-corrected chi connectivity index (χ3v) is 4.00. The summed E-state index contributed by atoms with van der Waals surface area (Å²) in [5.74, 6) is 0.0354. The molecule has 4 nitrogen and oxygen atoms in total. The average Bonchev–Trinajstić information content (AvgIpc) is 2.32. The average molecular weight is 396 g/mol. The lowest BCUT2D eigenvalue weighted by Crippen LogP contribution is -2.45. The highest BCUT2D eigenvalue weighted by atomic mass is 127. The van der Waals surface area contributed by atoms with E-state index in [1.54, 1.807) is 0 Å². The van der Waals surface area contributed by atoms with Gasteiger partial charge in [-0.3, -0.25) is 9.69 Å². The van der Waals surface area contributed by atoms with Crippen LogP contribution in [0.3, 0.4) is 0 Å². The Morgan fingerprint density at radius 3 is 2.89 bits per heavy atom. The van der Waals surface area contributed by atoms with Crippen molar-refractivity contribution in [1.82, 2.24) is 4.90 Å². The number of nitrogens with two attached hydrogens (primary N) is 1. The van der Waals surface area contributed by atoms with E-state index in [0.717, 1.165) is 35.2 Å².